The number of amides is 1. The van der Waals surface area contributed by atoms with E-state index in [2.05, 4.69) is 25.2 Å². The van der Waals surface area contributed by atoms with E-state index >= 15 is 0 Å². The van der Waals surface area contributed by atoms with Crippen LogP contribution in [0.25, 0.3) is 0 Å². The van der Waals surface area contributed by atoms with Crippen LogP contribution in [0.2, 0.25) is 0 Å². The van der Waals surface area contributed by atoms with Gasteiger partial charge in [-0.05, 0) is 37.0 Å². The number of nitrogens with two attached hydrogens (primary N) is 1. The van der Waals surface area contributed by atoms with Crippen LogP contribution in [0.3, 0.4) is 0 Å². The van der Waals surface area contributed by atoms with Crippen molar-refractivity contribution in [2.45, 2.75) is 52.0 Å². The van der Waals surface area contributed by atoms with Crippen molar-refractivity contribution in [1.29, 1.82) is 0 Å². The van der Waals surface area contributed by atoms with E-state index in [1.54, 1.807) is 0 Å². The molecule has 1 aromatic rings. The Labute approximate surface area is 115 Å². The molecule has 2 rings (SSSR count). The summed E-state index contributed by atoms with van der Waals surface area (Å²) in [5, 5.41) is 2.93. The maximum absolute atomic E-state index is 11.9. The third kappa shape index (κ3) is 2.27. The first kappa shape index (κ1) is 14.1. The van der Waals surface area contributed by atoms with Crippen molar-refractivity contribution >= 4 is 11.6 Å². The smallest absolute Gasteiger partial charge is 0.234 e. The lowest BCUT2D eigenvalue weighted by molar-refractivity contribution is -0.119. The average Bonchev–Trinajstić information content (AvgIpc) is 2.61. The second-order valence-electron chi connectivity index (χ2n) is 5.99. The van der Waals surface area contributed by atoms with Crippen LogP contribution in [0, 0.1) is 5.92 Å². The van der Waals surface area contributed by atoms with Gasteiger partial charge in [-0.1, -0.05) is 38.8 Å². The summed E-state index contributed by atoms with van der Waals surface area (Å²) in [7, 11) is 0. The summed E-state index contributed by atoms with van der Waals surface area (Å²) in [6.07, 6.45) is 2.16. The number of hydrogen-bond donors (Lipinski definition) is 2. The molecule has 0 saturated heterocycles. The molecule has 1 aliphatic rings. The van der Waals surface area contributed by atoms with Crippen LogP contribution in [-0.2, 0) is 10.2 Å². The number of benzene rings is 1. The molecule has 0 fully saturated rings. The summed E-state index contributed by atoms with van der Waals surface area (Å²) >= 11 is 0. The summed E-state index contributed by atoms with van der Waals surface area (Å²) in [5.41, 5.74) is 9.04. The molecule has 19 heavy (non-hydrogen) atoms. The molecule has 1 aromatic carbocycles. The normalized spacial score (nSPS) is 18.3. The van der Waals surface area contributed by atoms with Crippen LogP contribution < -0.4 is 11.1 Å². The molecule has 1 amide bonds. The van der Waals surface area contributed by atoms with Gasteiger partial charge in [-0.25, -0.2) is 0 Å². The molecule has 0 radical (unpaired) electrons. The van der Waals surface area contributed by atoms with Gasteiger partial charge in [0.15, 0.2) is 0 Å². The summed E-state index contributed by atoms with van der Waals surface area (Å²) in [4.78, 5) is 11.9. The van der Waals surface area contributed by atoms with Crippen LogP contribution in [-0.4, -0.2) is 5.91 Å². The van der Waals surface area contributed by atoms with Crippen molar-refractivity contribution in [3.05, 3.63) is 29.3 Å². The van der Waals surface area contributed by atoms with Crippen molar-refractivity contribution in [3.8, 4) is 0 Å². The van der Waals surface area contributed by atoms with Crippen molar-refractivity contribution in [1.82, 2.24) is 0 Å². The predicted molar refractivity (Wildman–Crippen MR) is 79.1 cm³/mol. The van der Waals surface area contributed by atoms with E-state index in [4.69, 9.17) is 5.73 Å². The molecule has 1 heterocycles. The third-order valence-corrected chi connectivity index (χ3v) is 4.47. The molecule has 1 unspecified atom stereocenters. The van der Waals surface area contributed by atoms with E-state index in [0.717, 1.165) is 29.7 Å². The highest BCUT2D eigenvalue weighted by molar-refractivity contribution is 6.05. The Kier molecular flexibility index (Phi) is 3.68. The number of nitrogens with one attached hydrogen (secondary N) is 1. The largest absolute Gasteiger partial charge is 0.325 e. The molecule has 0 bridgehead atoms. The quantitative estimate of drug-likeness (QED) is 0.872. The molecule has 0 aliphatic carbocycles. The number of hydrogen-bond acceptors (Lipinski definition) is 2. The van der Waals surface area contributed by atoms with Gasteiger partial charge < -0.3 is 11.1 Å². The first-order chi connectivity index (χ1) is 8.91. The van der Waals surface area contributed by atoms with Gasteiger partial charge in [-0.15, -0.1) is 0 Å². The monoisotopic (exact) mass is 260 g/mol. The van der Waals surface area contributed by atoms with Crippen molar-refractivity contribution < 1.29 is 4.79 Å². The summed E-state index contributed by atoms with van der Waals surface area (Å²) in [6, 6.07) is 6.19. The Morgan fingerprint density at radius 2 is 1.89 bits per heavy atom. The molecule has 104 valence electrons. The standard InChI is InChI=1S/C16H24N2O/c1-5-10(6-2)14(17)11-7-8-13-12(9-11)16(3,4)15(19)18-13/h7-10,14H,5-6,17H2,1-4H3,(H,18,19). The number of carbonyl (C=O) groups is 1. The van der Waals surface area contributed by atoms with Gasteiger partial charge in [0.05, 0.1) is 5.41 Å². The van der Waals surface area contributed by atoms with Crippen LogP contribution >= 0.6 is 0 Å². The minimum atomic E-state index is -0.459. The molecule has 3 nitrogen and oxygen atoms in total. The van der Waals surface area contributed by atoms with E-state index < -0.39 is 5.41 Å². The highest BCUT2D eigenvalue weighted by atomic mass is 16.2. The van der Waals surface area contributed by atoms with Crippen LogP contribution in [0.15, 0.2) is 18.2 Å². The van der Waals surface area contributed by atoms with Gasteiger partial charge in [0.2, 0.25) is 5.91 Å². The van der Waals surface area contributed by atoms with Crippen molar-refractivity contribution in [2.75, 3.05) is 5.32 Å². The van der Waals surface area contributed by atoms with Crippen molar-refractivity contribution in [3.63, 3.8) is 0 Å². The first-order valence-electron chi connectivity index (χ1n) is 7.13. The van der Waals surface area contributed by atoms with Gasteiger partial charge in [0.25, 0.3) is 0 Å². The molecule has 0 saturated carbocycles. The highest BCUT2D eigenvalue weighted by Crippen LogP contribution is 2.39. The van der Waals surface area contributed by atoms with Gasteiger partial charge in [-0.2, -0.15) is 0 Å². The minimum absolute atomic E-state index is 0.0480. The molecule has 3 N–H and O–H groups in total. The van der Waals surface area contributed by atoms with Gasteiger partial charge in [0, 0.05) is 11.7 Å². The number of anilines is 1. The topological polar surface area (TPSA) is 55.1 Å². The Balaban J connectivity index is 2.37. The van der Waals surface area contributed by atoms with E-state index in [1.807, 2.05) is 26.0 Å². The fourth-order valence-corrected chi connectivity index (χ4v) is 2.86. The molecular weight excluding hydrogens is 236 g/mol. The number of fused-ring (bicyclic) bond motifs is 1. The van der Waals surface area contributed by atoms with E-state index in [9.17, 15) is 4.79 Å². The van der Waals surface area contributed by atoms with Crippen molar-refractivity contribution in [2.24, 2.45) is 11.7 Å². The molecule has 0 spiro atoms. The van der Waals surface area contributed by atoms with E-state index in [0.29, 0.717) is 5.92 Å². The maximum Gasteiger partial charge on any atom is 0.234 e. The van der Waals surface area contributed by atoms with Crippen LogP contribution in [0.1, 0.15) is 57.7 Å². The lowest BCUT2D eigenvalue weighted by atomic mass is 9.82. The second-order valence-corrected chi connectivity index (χ2v) is 5.99. The van der Waals surface area contributed by atoms with E-state index in [-0.39, 0.29) is 11.9 Å². The minimum Gasteiger partial charge on any atom is -0.325 e. The second kappa shape index (κ2) is 4.97. The Morgan fingerprint density at radius 1 is 1.26 bits per heavy atom. The SMILES string of the molecule is CCC(CC)C(N)c1ccc2c(c1)C(C)(C)C(=O)N2. The fraction of sp³-hybridized carbons (Fsp3) is 0.562. The summed E-state index contributed by atoms with van der Waals surface area (Å²) in [6.45, 7) is 8.27. The lowest BCUT2D eigenvalue weighted by Crippen LogP contribution is -2.27. The fourth-order valence-electron chi connectivity index (χ4n) is 2.86. The molecule has 1 atom stereocenters. The third-order valence-electron chi connectivity index (χ3n) is 4.47. The zero-order valence-corrected chi connectivity index (χ0v) is 12.3. The zero-order chi connectivity index (χ0) is 14.2. The number of rotatable bonds is 4. The molecular formula is C16H24N2O. The number of carbonyl (C=O) groups excluding carboxylic acids is 1. The molecule has 3 heteroatoms. The lowest BCUT2D eigenvalue weighted by Gasteiger charge is -2.23. The van der Waals surface area contributed by atoms with Crippen LogP contribution in [0.5, 0.6) is 0 Å². The maximum atomic E-state index is 11.9. The molecule has 1 aliphatic heterocycles. The zero-order valence-electron chi connectivity index (χ0n) is 12.3. The van der Waals surface area contributed by atoms with Crippen LogP contribution in [0.4, 0.5) is 5.69 Å². The van der Waals surface area contributed by atoms with E-state index in [1.165, 1.54) is 0 Å². The van der Waals surface area contributed by atoms with Gasteiger partial charge >= 0.3 is 0 Å². The van der Waals surface area contributed by atoms with Gasteiger partial charge in [-0.3, -0.25) is 4.79 Å². The Hall–Kier alpha value is -1.35. The van der Waals surface area contributed by atoms with Gasteiger partial charge in [0.1, 0.15) is 0 Å². The Bertz CT molecular complexity index is 490. The average molecular weight is 260 g/mol. The predicted octanol–water partition coefficient (Wildman–Crippen LogP) is 3.35. The summed E-state index contributed by atoms with van der Waals surface area (Å²) in [5.74, 6) is 0.557. The first-order valence-corrected chi connectivity index (χ1v) is 7.13. The molecule has 0 aromatic heterocycles. The Morgan fingerprint density at radius 3 is 2.47 bits per heavy atom. The summed E-state index contributed by atoms with van der Waals surface area (Å²) < 4.78 is 0. The highest BCUT2D eigenvalue weighted by Gasteiger charge is 2.38.